The molecule has 0 unspecified atom stereocenters. The number of amides is 1. The topological polar surface area (TPSA) is 73.9 Å². The van der Waals surface area contributed by atoms with Crippen LogP contribution in [0.15, 0.2) is 30.4 Å². The van der Waals surface area contributed by atoms with Crippen molar-refractivity contribution in [3.8, 4) is 11.5 Å². The number of hydrogen-bond acceptors (Lipinski definition) is 5. The molecule has 0 heterocycles. The van der Waals surface area contributed by atoms with E-state index in [0.717, 1.165) is 0 Å². The van der Waals surface area contributed by atoms with Gasteiger partial charge in [0.2, 0.25) is 0 Å². The molecule has 0 aliphatic rings. The second-order valence-corrected chi connectivity index (χ2v) is 3.76. The van der Waals surface area contributed by atoms with Gasteiger partial charge in [0.15, 0.2) is 6.61 Å². The molecule has 0 bridgehead atoms. The highest BCUT2D eigenvalue weighted by molar-refractivity contribution is 5.94. The van der Waals surface area contributed by atoms with Crippen LogP contribution in [-0.2, 0) is 14.3 Å². The average molecular weight is 279 g/mol. The van der Waals surface area contributed by atoms with Crippen LogP contribution >= 0.6 is 0 Å². The van der Waals surface area contributed by atoms with Gasteiger partial charge in [0.1, 0.15) is 11.5 Å². The number of ether oxygens (including phenoxy) is 3. The molecule has 0 saturated carbocycles. The second kappa shape index (κ2) is 7.83. The van der Waals surface area contributed by atoms with Gasteiger partial charge in [-0.3, -0.25) is 4.79 Å². The van der Waals surface area contributed by atoms with Gasteiger partial charge in [-0.05, 0) is 6.92 Å². The van der Waals surface area contributed by atoms with E-state index in [0.29, 0.717) is 17.2 Å². The molecule has 1 N–H and O–H groups in total. The van der Waals surface area contributed by atoms with Crippen molar-refractivity contribution in [3.63, 3.8) is 0 Å². The summed E-state index contributed by atoms with van der Waals surface area (Å²) in [6.45, 7) is 1.33. The van der Waals surface area contributed by atoms with E-state index >= 15 is 0 Å². The maximum absolute atomic E-state index is 11.6. The van der Waals surface area contributed by atoms with Crippen molar-refractivity contribution in [2.24, 2.45) is 0 Å². The summed E-state index contributed by atoms with van der Waals surface area (Å²) in [4.78, 5) is 22.7. The Morgan fingerprint density at radius 1 is 1.15 bits per heavy atom. The molecular weight excluding hydrogens is 262 g/mol. The monoisotopic (exact) mass is 279 g/mol. The lowest BCUT2D eigenvalue weighted by molar-refractivity contribution is -0.142. The van der Waals surface area contributed by atoms with Crippen LogP contribution in [0.5, 0.6) is 11.5 Å². The van der Waals surface area contributed by atoms with Gasteiger partial charge >= 0.3 is 5.97 Å². The van der Waals surface area contributed by atoms with E-state index in [2.05, 4.69) is 5.32 Å². The van der Waals surface area contributed by atoms with E-state index in [1.807, 2.05) is 0 Å². The molecule has 0 fully saturated rings. The highest BCUT2D eigenvalue weighted by atomic mass is 16.5. The minimum absolute atomic E-state index is 0.358. The standard InChI is InChI=1S/C14H17NO5/c1-4-5-14(17)20-9-13(16)15-10-6-11(18-2)8-12(7-10)19-3/h4-8H,9H2,1-3H3,(H,15,16)/b5-4+. The second-order valence-electron chi connectivity index (χ2n) is 3.76. The van der Waals surface area contributed by atoms with Crippen LogP contribution in [0.4, 0.5) is 5.69 Å². The lowest BCUT2D eigenvalue weighted by Crippen LogP contribution is -2.20. The minimum atomic E-state index is -0.564. The highest BCUT2D eigenvalue weighted by Gasteiger charge is 2.08. The van der Waals surface area contributed by atoms with E-state index in [1.54, 1.807) is 25.1 Å². The number of nitrogens with one attached hydrogen (secondary N) is 1. The van der Waals surface area contributed by atoms with Crippen LogP contribution < -0.4 is 14.8 Å². The molecule has 1 amide bonds. The van der Waals surface area contributed by atoms with E-state index in [4.69, 9.17) is 14.2 Å². The zero-order chi connectivity index (χ0) is 15.0. The summed E-state index contributed by atoms with van der Waals surface area (Å²) in [6.07, 6.45) is 2.77. The van der Waals surface area contributed by atoms with Crippen LogP contribution in [0.3, 0.4) is 0 Å². The molecule has 0 atom stereocenters. The van der Waals surface area contributed by atoms with Crippen molar-refractivity contribution in [2.75, 3.05) is 26.1 Å². The molecule has 0 saturated heterocycles. The smallest absolute Gasteiger partial charge is 0.330 e. The molecular formula is C14H17NO5. The fraction of sp³-hybridized carbons (Fsp3) is 0.286. The third kappa shape index (κ3) is 5.01. The largest absolute Gasteiger partial charge is 0.497 e. The number of carbonyl (C=O) groups is 2. The fourth-order valence-electron chi connectivity index (χ4n) is 1.40. The number of anilines is 1. The Bertz CT molecular complexity index is 488. The van der Waals surface area contributed by atoms with Crippen molar-refractivity contribution in [2.45, 2.75) is 6.92 Å². The van der Waals surface area contributed by atoms with Crippen molar-refractivity contribution in [1.82, 2.24) is 0 Å². The Morgan fingerprint density at radius 3 is 2.25 bits per heavy atom. The first kappa shape index (κ1) is 15.6. The molecule has 0 aliphatic carbocycles. The van der Waals surface area contributed by atoms with E-state index in [1.165, 1.54) is 26.4 Å². The predicted molar refractivity (Wildman–Crippen MR) is 73.9 cm³/mol. The zero-order valence-electron chi connectivity index (χ0n) is 11.6. The Morgan fingerprint density at radius 2 is 1.75 bits per heavy atom. The third-order valence-electron chi connectivity index (χ3n) is 2.28. The number of esters is 1. The van der Waals surface area contributed by atoms with E-state index in [9.17, 15) is 9.59 Å². The maximum Gasteiger partial charge on any atom is 0.330 e. The molecule has 0 aliphatic heterocycles. The first-order valence-corrected chi connectivity index (χ1v) is 5.91. The SMILES string of the molecule is C/C=C/C(=O)OCC(=O)Nc1cc(OC)cc(OC)c1. The summed E-state index contributed by atoms with van der Waals surface area (Å²) in [6, 6.07) is 4.95. The molecule has 0 radical (unpaired) electrons. The number of hydrogen-bond donors (Lipinski definition) is 1. The van der Waals surface area contributed by atoms with Crippen molar-refractivity contribution < 1.29 is 23.8 Å². The first-order chi connectivity index (χ1) is 9.58. The zero-order valence-corrected chi connectivity index (χ0v) is 11.6. The molecule has 6 nitrogen and oxygen atoms in total. The summed E-state index contributed by atoms with van der Waals surface area (Å²) < 4.78 is 14.9. The molecule has 6 heteroatoms. The normalized spacial score (nSPS) is 10.2. The molecule has 1 rings (SSSR count). The Hall–Kier alpha value is -2.50. The van der Waals surface area contributed by atoms with Crippen LogP contribution in [0.2, 0.25) is 0 Å². The lowest BCUT2D eigenvalue weighted by Gasteiger charge is -2.09. The summed E-state index contributed by atoms with van der Waals surface area (Å²) in [5, 5.41) is 2.59. The van der Waals surface area contributed by atoms with Gasteiger partial charge in [0.05, 0.1) is 14.2 Å². The minimum Gasteiger partial charge on any atom is -0.497 e. The van der Waals surface area contributed by atoms with Gasteiger partial charge in [0, 0.05) is 30.0 Å². The predicted octanol–water partition coefficient (Wildman–Crippen LogP) is 1.76. The molecule has 20 heavy (non-hydrogen) atoms. The van der Waals surface area contributed by atoms with Gasteiger partial charge in [-0.15, -0.1) is 0 Å². The van der Waals surface area contributed by atoms with Crippen LogP contribution in [-0.4, -0.2) is 32.7 Å². The summed E-state index contributed by atoms with van der Waals surface area (Å²) in [7, 11) is 3.03. The van der Waals surface area contributed by atoms with Crippen molar-refractivity contribution in [3.05, 3.63) is 30.4 Å². The number of rotatable bonds is 6. The van der Waals surface area contributed by atoms with Crippen molar-refractivity contribution >= 4 is 17.6 Å². The van der Waals surface area contributed by atoms with E-state index < -0.39 is 11.9 Å². The van der Waals surface area contributed by atoms with Crippen LogP contribution in [0.1, 0.15) is 6.92 Å². The number of methoxy groups -OCH3 is 2. The molecule has 1 aromatic carbocycles. The van der Waals surface area contributed by atoms with Crippen LogP contribution in [0, 0.1) is 0 Å². The lowest BCUT2D eigenvalue weighted by atomic mass is 10.2. The Labute approximate surface area is 117 Å². The molecule has 108 valence electrons. The van der Waals surface area contributed by atoms with Gasteiger partial charge in [-0.1, -0.05) is 6.08 Å². The Balaban J connectivity index is 2.63. The maximum atomic E-state index is 11.6. The fourth-order valence-corrected chi connectivity index (χ4v) is 1.40. The first-order valence-electron chi connectivity index (χ1n) is 5.91. The third-order valence-corrected chi connectivity index (χ3v) is 2.28. The average Bonchev–Trinajstić information content (AvgIpc) is 2.45. The highest BCUT2D eigenvalue weighted by Crippen LogP contribution is 2.25. The summed E-state index contributed by atoms with van der Waals surface area (Å²) >= 11 is 0. The summed E-state index contributed by atoms with van der Waals surface area (Å²) in [5.74, 6) is 0.0835. The quantitative estimate of drug-likeness (QED) is 0.634. The Kier molecular flexibility index (Phi) is 6.09. The summed E-state index contributed by atoms with van der Waals surface area (Å²) in [5.41, 5.74) is 0.494. The number of carbonyl (C=O) groups excluding carboxylic acids is 2. The van der Waals surface area contributed by atoms with Crippen molar-refractivity contribution in [1.29, 1.82) is 0 Å². The van der Waals surface area contributed by atoms with E-state index in [-0.39, 0.29) is 6.61 Å². The van der Waals surface area contributed by atoms with Crippen LogP contribution in [0.25, 0.3) is 0 Å². The molecule has 0 aromatic heterocycles. The molecule has 0 spiro atoms. The molecule has 1 aromatic rings. The van der Waals surface area contributed by atoms with Gasteiger partial charge < -0.3 is 19.5 Å². The van der Waals surface area contributed by atoms with Gasteiger partial charge in [0.25, 0.3) is 5.91 Å². The van der Waals surface area contributed by atoms with Gasteiger partial charge in [-0.25, -0.2) is 4.79 Å². The number of allylic oxidation sites excluding steroid dienone is 1. The number of benzene rings is 1. The van der Waals surface area contributed by atoms with Gasteiger partial charge in [-0.2, -0.15) is 0 Å².